The molecule has 0 aromatic heterocycles. The molecule has 4 aromatic rings. The first-order chi connectivity index (χ1) is 17.2. The Balaban J connectivity index is 1.39. The molecule has 4 heteroatoms. The second-order valence-corrected chi connectivity index (χ2v) is 9.15. The summed E-state index contributed by atoms with van der Waals surface area (Å²) in [7, 11) is 0. The SMILES string of the molecule is O=C1C[C@@H](C(=O)OCc2ccccc2)N(c2cccc3c2C(c2ccccc2)c2ccccc2-3)C1. The van der Waals surface area contributed by atoms with Gasteiger partial charge in [-0.05, 0) is 39.4 Å². The summed E-state index contributed by atoms with van der Waals surface area (Å²) in [6.45, 7) is 0.405. The number of ether oxygens (including phenoxy) is 1. The van der Waals surface area contributed by atoms with Crippen LogP contribution in [-0.4, -0.2) is 24.3 Å². The Hall–Kier alpha value is -4.18. The molecule has 1 fully saturated rings. The Labute approximate surface area is 204 Å². The molecule has 0 amide bonds. The van der Waals surface area contributed by atoms with Crippen molar-refractivity contribution in [2.45, 2.75) is 25.0 Å². The molecule has 1 unspecified atom stereocenters. The second kappa shape index (κ2) is 8.88. The summed E-state index contributed by atoms with van der Waals surface area (Å²) >= 11 is 0. The van der Waals surface area contributed by atoms with E-state index < -0.39 is 6.04 Å². The van der Waals surface area contributed by atoms with Crippen molar-refractivity contribution in [3.63, 3.8) is 0 Å². The summed E-state index contributed by atoms with van der Waals surface area (Å²) in [6.07, 6.45) is 0.167. The summed E-state index contributed by atoms with van der Waals surface area (Å²) in [6, 6.07) is 34.1. The summed E-state index contributed by atoms with van der Waals surface area (Å²) in [4.78, 5) is 27.8. The fraction of sp³-hybridized carbons (Fsp3) is 0.161. The lowest BCUT2D eigenvalue weighted by Gasteiger charge is -2.28. The van der Waals surface area contributed by atoms with Crippen molar-refractivity contribution in [2.24, 2.45) is 0 Å². The number of fused-ring (bicyclic) bond motifs is 3. The van der Waals surface area contributed by atoms with Gasteiger partial charge in [0, 0.05) is 18.0 Å². The van der Waals surface area contributed by atoms with E-state index in [0.29, 0.717) is 0 Å². The summed E-state index contributed by atoms with van der Waals surface area (Å²) in [5.41, 5.74) is 7.80. The van der Waals surface area contributed by atoms with E-state index in [1.54, 1.807) is 0 Å². The normalized spacial score (nSPS) is 18.3. The number of hydrogen-bond donors (Lipinski definition) is 0. The fourth-order valence-electron chi connectivity index (χ4n) is 5.46. The Morgan fingerprint density at radius 3 is 2.29 bits per heavy atom. The van der Waals surface area contributed by atoms with Crippen LogP contribution >= 0.6 is 0 Å². The number of benzene rings is 4. The minimum Gasteiger partial charge on any atom is -0.459 e. The highest BCUT2D eigenvalue weighted by atomic mass is 16.5. The molecule has 0 spiro atoms. The van der Waals surface area contributed by atoms with Gasteiger partial charge >= 0.3 is 5.97 Å². The predicted octanol–water partition coefficient (Wildman–Crippen LogP) is 5.74. The average molecular weight is 460 g/mol. The number of Topliss-reactive ketones (excluding diaryl/α,β-unsaturated/α-hetero) is 1. The fourth-order valence-corrected chi connectivity index (χ4v) is 5.46. The third-order valence-corrected chi connectivity index (χ3v) is 7.02. The molecule has 0 radical (unpaired) electrons. The summed E-state index contributed by atoms with van der Waals surface area (Å²) in [5.74, 6) is -0.268. The first-order valence-corrected chi connectivity index (χ1v) is 12.0. The van der Waals surface area contributed by atoms with E-state index in [4.69, 9.17) is 4.74 Å². The number of ketones is 1. The highest BCUT2D eigenvalue weighted by Crippen LogP contribution is 2.52. The van der Waals surface area contributed by atoms with Crippen molar-refractivity contribution in [1.29, 1.82) is 0 Å². The molecule has 172 valence electrons. The van der Waals surface area contributed by atoms with E-state index >= 15 is 0 Å². The van der Waals surface area contributed by atoms with Crippen LogP contribution in [0.15, 0.2) is 103 Å². The first-order valence-electron chi connectivity index (χ1n) is 12.0. The van der Waals surface area contributed by atoms with Crippen LogP contribution in [-0.2, 0) is 20.9 Å². The number of carbonyl (C=O) groups is 2. The minimum atomic E-state index is -0.627. The lowest BCUT2D eigenvalue weighted by molar-refractivity contribution is -0.146. The van der Waals surface area contributed by atoms with Crippen molar-refractivity contribution in [3.8, 4) is 11.1 Å². The third-order valence-electron chi connectivity index (χ3n) is 7.02. The monoisotopic (exact) mass is 459 g/mol. The Bertz CT molecular complexity index is 1400. The Kier molecular flexibility index (Phi) is 5.42. The lowest BCUT2D eigenvalue weighted by atomic mass is 9.88. The van der Waals surface area contributed by atoms with Crippen LogP contribution in [0.25, 0.3) is 11.1 Å². The standard InChI is InChI=1S/C31H25NO3/c33-23-18-28(31(34)35-20-21-10-3-1-4-11-21)32(19-23)27-17-9-16-26-24-14-7-8-15-25(24)29(30(26)27)22-12-5-2-6-13-22/h1-17,28-29H,18-20H2/t28-,29?/m0/s1. The largest absolute Gasteiger partial charge is 0.459 e. The van der Waals surface area contributed by atoms with Crippen LogP contribution in [0.1, 0.15) is 34.6 Å². The lowest BCUT2D eigenvalue weighted by Crippen LogP contribution is -2.38. The molecule has 2 atom stereocenters. The molecule has 0 saturated carbocycles. The van der Waals surface area contributed by atoms with Gasteiger partial charge in [-0.1, -0.05) is 97.1 Å². The Morgan fingerprint density at radius 1 is 0.800 bits per heavy atom. The molecule has 0 N–H and O–H groups in total. The van der Waals surface area contributed by atoms with Gasteiger partial charge in [-0.2, -0.15) is 0 Å². The zero-order chi connectivity index (χ0) is 23.8. The quantitative estimate of drug-likeness (QED) is 0.315. The van der Waals surface area contributed by atoms with E-state index in [-0.39, 0.29) is 37.2 Å². The molecule has 6 rings (SSSR count). The summed E-state index contributed by atoms with van der Waals surface area (Å²) in [5, 5.41) is 0. The molecule has 1 saturated heterocycles. The number of anilines is 1. The van der Waals surface area contributed by atoms with Gasteiger partial charge in [-0.3, -0.25) is 4.79 Å². The van der Waals surface area contributed by atoms with E-state index in [1.807, 2.05) is 53.4 Å². The van der Waals surface area contributed by atoms with Crippen molar-refractivity contribution < 1.29 is 14.3 Å². The van der Waals surface area contributed by atoms with Gasteiger partial charge in [0.2, 0.25) is 0 Å². The van der Waals surface area contributed by atoms with Gasteiger partial charge in [0.15, 0.2) is 5.78 Å². The number of esters is 1. The van der Waals surface area contributed by atoms with Crippen LogP contribution in [0.2, 0.25) is 0 Å². The molecule has 35 heavy (non-hydrogen) atoms. The highest BCUT2D eigenvalue weighted by molar-refractivity contribution is 5.98. The molecular weight excluding hydrogens is 434 g/mol. The van der Waals surface area contributed by atoms with Crippen LogP contribution in [0.4, 0.5) is 5.69 Å². The first kappa shape index (κ1) is 21.4. The molecule has 1 aliphatic carbocycles. The number of carbonyl (C=O) groups excluding carboxylic acids is 2. The molecule has 2 aliphatic rings. The molecule has 1 aliphatic heterocycles. The molecule has 4 aromatic carbocycles. The van der Waals surface area contributed by atoms with Gasteiger partial charge < -0.3 is 9.64 Å². The van der Waals surface area contributed by atoms with Crippen molar-refractivity contribution in [1.82, 2.24) is 0 Å². The zero-order valence-corrected chi connectivity index (χ0v) is 19.3. The van der Waals surface area contributed by atoms with Crippen LogP contribution in [0.5, 0.6) is 0 Å². The Morgan fingerprint density at radius 2 is 1.49 bits per heavy atom. The maximum absolute atomic E-state index is 13.2. The van der Waals surface area contributed by atoms with Crippen molar-refractivity contribution >= 4 is 17.4 Å². The average Bonchev–Trinajstić information content (AvgIpc) is 3.46. The number of rotatable bonds is 5. The maximum Gasteiger partial charge on any atom is 0.329 e. The summed E-state index contributed by atoms with van der Waals surface area (Å²) < 4.78 is 5.67. The van der Waals surface area contributed by atoms with Crippen LogP contribution in [0.3, 0.4) is 0 Å². The van der Waals surface area contributed by atoms with Gasteiger partial charge in [-0.25, -0.2) is 4.79 Å². The van der Waals surface area contributed by atoms with Crippen molar-refractivity contribution in [2.75, 3.05) is 11.4 Å². The smallest absolute Gasteiger partial charge is 0.329 e. The molecule has 1 heterocycles. The highest BCUT2D eigenvalue weighted by Gasteiger charge is 2.41. The molecular formula is C31H25NO3. The number of hydrogen-bond acceptors (Lipinski definition) is 4. The van der Waals surface area contributed by atoms with Crippen LogP contribution in [0, 0.1) is 0 Å². The molecule has 4 nitrogen and oxygen atoms in total. The van der Waals surface area contributed by atoms with E-state index in [0.717, 1.165) is 22.4 Å². The van der Waals surface area contributed by atoms with E-state index in [1.165, 1.54) is 16.7 Å². The van der Waals surface area contributed by atoms with Gasteiger partial charge in [0.1, 0.15) is 12.6 Å². The number of nitrogens with zero attached hydrogens (tertiary/aromatic N) is 1. The maximum atomic E-state index is 13.2. The van der Waals surface area contributed by atoms with E-state index in [2.05, 4.69) is 54.6 Å². The van der Waals surface area contributed by atoms with E-state index in [9.17, 15) is 9.59 Å². The van der Waals surface area contributed by atoms with Crippen LogP contribution < -0.4 is 4.90 Å². The van der Waals surface area contributed by atoms with Gasteiger partial charge in [0.25, 0.3) is 0 Å². The van der Waals surface area contributed by atoms with Gasteiger partial charge in [-0.15, -0.1) is 0 Å². The van der Waals surface area contributed by atoms with Crippen molar-refractivity contribution in [3.05, 3.63) is 125 Å². The minimum absolute atomic E-state index is 0.0373. The topological polar surface area (TPSA) is 46.6 Å². The van der Waals surface area contributed by atoms with Gasteiger partial charge in [0.05, 0.1) is 6.54 Å². The second-order valence-electron chi connectivity index (χ2n) is 9.15. The predicted molar refractivity (Wildman–Crippen MR) is 136 cm³/mol. The molecule has 0 bridgehead atoms. The zero-order valence-electron chi connectivity index (χ0n) is 19.3. The third kappa shape index (κ3) is 3.81.